The standard InChI is InChI=1S/C20H25NO6S/c1-11(22)16-15-9-12(17(19(24)25)21(15)18(16)23)10-28(26,27)14-7-5-13(6-8-14)20(2,3)4/h5-8,10-11,15-17,22H,9H2,1-4H3,(H,24,25)/b12-10+/t11-,15-,16+,17?/m1/s1. The van der Waals surface area contributed by atoms with E-state index in [1.807, 2.05) is 20.8 Å². The fraction of sp³-hybridized carbons (Fsp3) is 0.500. The average molecular weight is 407 g/mol. The molecule has 0 radical (unpaired) electrons. The van der Waals surface area contributed by atoms with Gasteiger partial charge in [-0.15, -0.1) is 0 Å². The SMILES string of the molecule is C[C@@H](O)[C@@H]1C(=O)N2C(C(=O)O)/C(=C/S(=O)(=O)c3ccc(C(C)(C)C)cc3)C[C@H]12. The van der Waals surface area contributed by atoms with E-state index in [0.717, 1.165) is 11.0 Å². The van der Waals surface area contributed by atoms with Crippen LogP contribution in [-0.2, 0) is 24.8 Å². The molecule has 2 saturated heterocycles. The van der Waals surface area contributed by atoms with Crippen LogP contribution in [0.5, 0.6) is 0 Å². The second-order valence-electron chi connectivity index (χ2n) is 8.54. The Labute approximate surface area is 164 Å². The number of amides is 1. The largest absolute Gasteiger partial charge is 0.479 e. The summed E-state index contributed by atoms with van der Waals surface area (Å²) >= 11 is 0. The van der Waals surface area contributed by atoms with Crippen LogP contribution in [0.3, 0.4) is 0 Å². The number of carboxylic acid groups (broad SMARTS) is 1. The number of benzene rings is 1. The van der Waals surface area contributed by atoms with Crippen molar-refractivity contribution < 1.29 is 28.2 Å². The number of fused-ring (bicyclic) bond motifs is 1. The lowest BCUT2D eigenvalue weighted by molar-refractivity contribution is -0.169. The summed E-state index contributed by atoms with van der Waals surface area (Å²) in [6.07, 6.45) is -0.790. The summed E-state index contributed by atoms with van der Waals surface area (Å²) in [7, 11) is -3.87. The maximum atomic E-state index is 12.8. The van der Waals surface area contributed by atoms with Crippen molar-refractivity contribution in [2.24, 2.45) is 5.92 Å². The zero-order valence-corrected chi connectivity index (χ0v) is 17.1. The zero-order chi connectivity index (χ0) is 21.0. The van der Waals surface area contributed by atoms with Gasteiger partial charge in [0.25, 0.3) is 0 Å². The predicted octanol–water partition coefficient (Wildman–Crippen LogP) is 1.71. The van der Waals surface area contributed by atoms with Crippen molar-refractivity contribution in [2.45, 2.75) is 62.6 Å². The average Bonchev–Trinajstić information content (AvgIpc) is 2.87. The van der Waals surface area contributed by atoms with E-state index in [4.69, 9.17) is 0 Å². The first kappa shape index (κ1) is 20.5. The molecule has 4 atom stereocenters. The molecule has 152 valence electrons. The van der Waals surface area contributed by atoms with Gasteiger partial charge in [0.05, 0.1) is 23.0 Å². The highest BCUT2D eigenvalue weighted by Crippen LogP contribution is 2.44. The Balaban J connectivity index is 1.95. The van der Waals surface area contributed by atoms with Crippen molar-refractivity contribution in [3.63, 3.8) is 0 Å². The summed E-state index contributed by atoms with van der Waals surface area (Å²) < 4.78 is 25.7. The molecule has 2 heterocycles. The number of aliphatic hydroxyl groups excluding tert-OH is 1. The summed E-state index contributed by atoms with van der Waals surface area (Å²) in [4.78, 5) is 25.2. The van der Waals surface area contributed by atoms with Gasteiger partial charge in [-0.2, -0.15) is 0 Å². The number of aliphatic hydroxyl groups is 1. The molecule has 7 nitrogen and oxygen atoms in total. The quantitative estimate of drug-likeness (QED) is 0.735. The lowest BCUT2D eigenvalue weighted by atomic mass is 9.84. The fourth-order valence-corrected chi connectivity index (χ4v) is 5.27. The van der Waals surface area contributed by atoms with Crippen LogP contribution in [0, 0.1) is 5.92 Å². The van der Waals surface area contributed by atoms with Crippen LogP contribution in [-0.4, -0.2) is 53.6 Å². The Hall–Kier alpha value is -2.19. The molecule has 0 saturated carbocycles. The van der Waals surface area contributed by atoms with Gasteiger partial charge in [-0.25, -0.2) is 13.2 Å². The van der Waals surface area contributed by atoms with E-state index in [0.29, 0.717) is 0 Å². The van der Waals surface area contributed by atoms with Crippen LogP contribution in [0.2, 0.25) is 0 Å². The summed E-state index contributed by atoms with van der Waals surface area (Å²) in [6.45, 7) is 7.54. The predicted molar refractivity (Wildman–Crippen MR) is 102 cm³/mol. The van der Waals surface area contributed by atoms with Gasteiger partial charge in [-0.1, -0.05) is 32.9 Å². The molecule has 28 heavy (non-hydrogen) atoms. The van der Waals surface area contributed by atoms with Gasteiger partial charge in [0.15, 0.2) is 15.9 Å². The number of sulfone groups is 1. The molecular weight excluding hydrogens is 382 g/mol. The maximum Gasteiger partial charge on any atom is 0.330 e. The van der Waals surface area contributed by atoms with Crippen LogP contribution < -0.4 is 0 Å². The molecule has 0 bridgehead atoms. The Bertz CT molecular complexity index is 940. The monoisotopic (exact) mass is 407 g/mol. The highest BCUT2D eigenvalue weighted by atomic mass is 32.2. The van der Waals surface area contributed by atoms with E-state index >= 15 is 0 Å². The van der Waals surface area contributed by atoms with Gasteiger partial charge in [-0.05, 0) is 42.0 Å². The van der Waals surface area contributed by atoms with Crippen LogP contribution in [0.25, 0.3) is 0 Å². The number of carbonyl (C=O) groups is 2. The zero-order valence-electron chi connectivity index (χ0n) is 16.3. The van der Waals surface area contributed by atoms with Gasteiger partial charge in [0.1, 0.15) is 0 Å². The minimum atomic E-state index is -3.87. The van der Waals surface area contributed by atoms with Crippen molar-refractivity contribution in [3.8, 4) is 0 Å². The van der Waals surface area contributed by atoms with E-state index in [-0.39, 0.29) is 22.3 Å². The normalized spacial score (nSPS) is 27.5. The van der Waals surface area contributed by atoms with E-state index < -0.39 is 45.8 Å². The van der Waals surface area contributed by atoms with E-state index in [2.05, 4.69) is 0 Å². The van der Waals surface area contributed by atoms with Crippen molar-refractivity contribution >= 4 is 21.7 Å². The molecule has 2 fully saturated rings. The van der Waals surface area contributed by atoms with Gasteiger partial charge >= 0.3 is 5.97 Å². The van der Waals surface area contributed by atoms with Crippen LogP contribution in [0.4, 0.5) is 0 Å². The molecule has 2 aliphatic rings. The molecule has 1 amide bonds. The molecule has 2 N–H and O–H groups in total. The van der Waals surface area contributed by atoms with Crippen molar-refractivity contribution in [2.75, 3.05) is 0 Å². The third-order valence-corrected chi connectivity index (χ3v) is 7.04. The number of aliphatic carboxylic acids is 1. The van der Waals surface area contributed by atoms with Gasteiger partial charge in [0, 0.05) is 5.41 Å². The minimum Gasteiger partial charge on any atom is -0.479 e. The highest BCUT2D eigenvalue weighted by molar-refractivity contribution is 7.94. The summed E-state index contributed by atoms with van der Waals surface area (Å²) in [5, 5.41) is 20.3. The molecule has 0 spiro atoms. The smallest absolute Gasteiger partial charge is 0.330 e. The number of β-lactam (4-membered cyclic amide) rings is 1. The van der Waals surface area contributed by atoms with Gasteiger partial charge in [0.2, 0.25) is 5.91 Å². The van der Waals surface area contributed by atoms with Gasteiger partial charge < -0.3 is 15.1 Å². The second-order valence-corrected chi connectivity index (χ2v) is 10.3. The third kappa shape index (κ3) is 3.35. The molecule has 1 aromatic rings. The lowest BCUT2D eigenvalue weighted by Crippen LogP contribution is -2.64. The molecule has 2 aliphatic heterocycles. The van der Waals surface area contributed by atoms with E-state index in [1.165, 1.54) is 24.0 Å². The molecule has 0 aromatic heterocycles. The number of nitrogens with zero attached hydrogens (tertiary/aromatic N) is 1. The molecule has 8 heteroatoms. The number of hydrogen-bond donors (Lipinski definition) is 2. The number of hydrogen-bond acceptors (Lipinski definition) is 5. The topological polar surface area (TPSA) is 112 Å². The molecule has 0 aliphatic carbocycles. The van der Waals surface area contributed by atoms with E-state index in [9.17, 15) is 28.2 Å². The molecule has 1 unspecified atom stereocenters. The van der Waals surface area contributed by atoms with Crippen LogP contribution in [0.15, 0.2) is 40.1 Å². The lowest BCUT2D eigenvalue weighted by Gasteiger charge is -2.45. The molecular formula is C20H25NO6S. The van der Waals surface area contributed by atoms with Crippen LogP contribution in [0.1, 0.15) is 39.7 Å². The van der Waals surface area contributed by atoms with Crippen molar-refractivity contribution in [3.05, 3.63) is 40.8 Å². The Kier molecular flexibility index (Phi) is 4.92. The maximum absolute atomic E-state index is 12.8. The first-order chi connectivity index (χ1) is 12.8. The summed E-state index contributed by atoms with van der Waals surface area (Å²) in [5.41, 5.74) is 1.02. The third-order valence-electron chi connectivity index (χ3n) is 5.49. The molecule has 3 rings (SSSR count). The fourth-order valence-electron chi connectivity index (χ4n) is 4.00. The Morgan fingerprint density at radius 3 is 2.29 bits per heavy atom. The minimum absolute atomic E-state index is 0.0739. The first-order valence-corrected chi connectivity index (χ1v) is 10.7. The number of carboxylic acids is 1. The van der Waals surface area contributed by atoms with Crippen molar-refractivity contribution in [1.82, 2.24) is 4.90 Å². The van der Waals surface area contributed by atoms with Crippen LogP contribution >= 0.6 is 0 Å². The second kappa shape index (κ2) is 6.70. The molecule has 1 aromatic carbocycles. The Morgan fingerprint density at radius 2 is 1.82 bits per heavy atom. The Morgan fingerprint density at radius 1 is 1.25 bits per heavy atom. The summed E-state index contributed by atoms with van der Waals surface area (Å²) in [5.74, 6) is -2.42. The number of rotatable bonds is 4. The van der Waals surface area contributed by atoms with Crippen molar-refractivity contribution in [1.29, 1.82) is 0 Å². The highest BCUT2D eigenvalue weighted by Gasteiger charge is 2.59. The first-order valence-electron chi connectivity index (χ1n) is 9.14. The number of carbonyl (C=O) groups excluding carboxylic acids is 1. The summed E-state index contributed by atoms with van der Waals surface area (Å²) in [6, 6.07) is 4.71. The van der Waals surface area contributed by atoms with Gasteiger partial charge in [-0.3, -0.25) is 4.79 Å². The van der Waals surface area contributed by atoms with E-state index in [1.54, 1.807) is 12.1 Å².